The maximum Gasteiger partial charge on any atom is 0.337 e. The summed E-state index contributed by atoms with van der Waals surface area (Å²) in [5.41, 5.74) is 2.21. The molecule has 2 rings (SSSR count). The lowest BCUT2D eigenvalue weighted by Crippen LogP contribution is -2.30. The Morgan fingerprint density at radius 1 is 0.649 bits per heavy atom. The average molecular weight is 523 g/mol. The molecular formula is C27H38O10. The van der Waals surface area contributed by atoms with Crippen LogP contribution in [0.5, 0.6) is 0 Å². The standard InChI is InChI=1S/C14H20O5.C13H18O5/c1-16-13(14(15)17-2)11-19-9-8-18-10-12-6-4-3-5-7-12;1-16-12(13(14)15)10-18-8-7-17-9-11-5-3-2-4-6-11/h3-7,13H,8-11H2,1-2H3;2-6,12H,7-10H2,1H3,(H,14,15). The molecule has 0 aromatic heterocycles. The van der Waals surface area contributed by atoms with Crippen LogP contribution < -0.4 is 0 Å². The third kappa shape index (κ3) is 15.8. The summed E-state index contributed by atoms with van der Waals surface area (Å²) in [6, 6.07) is 19.7. The van der Waals surface area contributed by atoms with E-state index >= 15 is 0 Å². The first-order valence-corrected chi connectivity index (χ1v) is 11.8. The number of rotatable bonds is 18. The molecule has 1 N–H and O–H groups in total. The van der Waals surface area contributed by atoms with Crippen molar-refractivity contribution in [3.63, 3.8) is 0 Å². The number of esters is 1. The van der Waals surface area contributed by atoms with Crippen LogP contribution in [0.4, 0.5) is 0 Å². The molecule has 2 unspecified atom stereocenters. The van der Waals surface area contributed by atoms with Gasteiger partial charge in [-0.2, -0.15) is 0 Å². The second kappa shape index (κ2) is 21.2. The van der Waals surface area contributed by atoms with Crippen molar-refractivity contribution in [3.8, 4) is 0 Å². The number of ether oxygens (including phenoxy) is 7. The van der Waals surface area contributed by atoms with Crippen LogP contribution in [0.25, 0.3) is 0 Å². The molecule has 0 saturated heterocycles. The Kier molecular flexibility index (Phi) is 18.5. The second-order valence-electron chi connectivity index (χ2n) is 7.54. The number of methoxy groups -OCH3 is 3. The fraction of sp³-hybridized carbons (Fsp3) is 0.481. The summed E-state index contributed by atoms with van der Waals surface area (Å²) in [6.07, 6.45) is -1.60. The monoisotopic (exact) mass is 522 g/mol. The quantitative estimate of drug-likeness (QED) is 0.231. The highest BCUT2D eigenvalue weighted by molar-refractivity contribution is 5.74. The van der Waals surface area contributed by atoms with E-state index in [4.69, 9.17) is 33.5 Å². The first kappa shape index (κ1) is 32.2. The maximum atomic E-state index is 11.2. The number of carboxylic acid groups (broad SMARTS) is 1. The van der Waals surface area contributed by atoms with Gasteiger partial charge in [0, 0.05) is 14.2 Å². The Morgan fingerprint density at radius 3 is 1.43 bits per heavy atom. The summed E-state index contributed by atoms with van der Waals surface area (Å²) >= 11 is 0. The Morgan fingerprint density at radius 2 is 1.05 bits per heavy atom. The van der Waals surface area contributed by atoms with Crippen molar-refractivity contribution in [2.45, 2.75) is 25.4 Å². The van der Waals surface area contributed by atoms with Crippen LogP contribution in [0.2, 0.25) is 0 Å². The molecule has 10 heteroatoms. The van der Waals surface area contributed by atoms with Gasteiger partial charge < -0.3 is 38.3 Å². The number of aliphatic carboxylic acids is 1. The van der Waals surface area contributed by atoms with E-state index in [2.05, 4.69) is 4.74 Å². The van der Waals surface area contributed by atoms with Crippen LogP contribution in [0.3, 0.4) is 0 Å². The van der Waals surface area contributed by atoms with Gasteiger partial charge >= 0.3 is 11.9 Å². The number of hydrogen-bond donors (Lipinski definition) is 1. The van der Waals surface area contributed by atoms with E-state index in [1.165, 1.54) is 21.3 Å². The van der Waals surface area contributed by atoms with Crippen LogP contribution in [-0.2, 0) is 56.0 Å². The minimum atomic E-state index is -1.03. The molecule has 2 atom stereocenters. The van der Waals surface area contributed by atoms with Crippen molar-refractivity contribution in [2.24, 2.45) is 0 Å². The maximum absolute atomic E-state index is 11.2. The van der Waals surface area contributed by atoms with Crippen molar-refractivity contribution >= 4 is 11.9 Å². The van der Waals surface area contributed by atoms with Gasteiger partial charge in [0.2, 0.25) is 0 Å². The second-order valence-corrected chi connectivity index (χ2v) is 7.54. The largest absolute Gasteiger partial charge is 0.479 e. The first-order valence-electron chi connectivity index (χ1n) is 11.8. The van der Waals surface area contributed by atoms with Crippen LogP contribution >= 0.6 is 0 Å². The van der Waals surface area contributed by atoms with E-state index in [9.17, 15) is 9.59 Å². The Hall–Kier alpha value is -2.86. The van der Waals surface area contributed by atoms with Crippen LogP contribution in [0.15, 0.2) is 60.7 Å². The molecule has 0 fully saturated rings. The van der Waals surface area contributed by atoms with Crippen LogP contribution in [0.1, 0.15) is 11.1 Å². The molecule has 0 heterocycles. The summed E-state index contributed by atoms with van der Waals surface area (Å²) < 4.78 is 35.5. The van der Waals surface area contributed by atoms with E-state index in [0.29, 0.717) is 39.6 Å². The van der Waals surface area contributed by atoms with Gasteiger partial charge in [-0.15, -0.1) is 0 Å². The molecule has 0 bridgehead atoms. The third-order valence-corrected chi connectivity index (χ3v) is 4.81. The van der Waals surface area contributed by atoms with Crippen molar-refractivity contribution in [1.82, 2.24) is 0 Å². The Bertz CT molecular complexity index is 832. The number of carbonyl (C=O) groups is 2. The lowest BCUT2D eigenvalue weighted by molar-refractivity contribution is -0.156. The molecule has 0 aliphatic carbocycles. The Labute approximate surface area is 218 Å². The van der Waals surface area contributed by atoms with Gasteiger partial charge in [-0.3, -0.25) is 0 Å². The lowest BCUT2D eigenvalue weighted by atomic mass is 10.2. The van der Waals surface area contributed by atoms with E-state index in [-0.39, 0.29) is 13.2 Å². The van der Waals surface area contributed by atoms with E-state index in [0.717, 1.165) is 11.1 Å². The van der Waals surface area contributed by atoms with Crippen LogP contribution in [0, 0.1) is 0 Å². The fourth-order valence-electron chi connectivity index (χ4n) is 2.75. The zero-order chi connectivity index (χ0) is 27.1. The minimum Gasteiger partial charge on any atom is -0.479 e. The van der Waals surface area contributed by atoms with Crippen molar-refractivity contribution < 1.29 is 47.9 Å². The fourth-order valence-corrected chi connectivity index (χ4v) is 2.75. The minimum absolute atomic E-state index is 0.0283. The molecule has 10 nitrogen and oxygen atoms in total. The predicted octanol–water partition coefficient (Wildman–Crippen LogP) is 2.73. The molecule has 0 amide bonds. The molecule has 0 aliphatic rings. The van der Waals surface area contributed by atoms with E-state index < -0.39 is 24.1 Å². The summed E-state index contributed by atoms with van der Waals surface area (Å²) in [4.78, 5) is 21.8. The highest BCUT2D eigenvalue weighted by Crippen LogP contribution is 2.01. The summed E-state index contributed by atoms with van der Waals surface area (Å²) in [7, 11) is 4.10. The normalized spacial score (nSPS) is 12.2. The third-order valence-electron chi connectivity index (χ3n) is 4.81. The van der Waals surface area contributed by atoms with Gasteiger partial charge in [0.15, 0.2) is 12.2 Å². The number of hydrogen-bond acceptors (Lipinski definition) is 9. The molecule has 0 spiro atoms. The van der Waals surface area contributed by atoms with Crippen molar-refractivity contribution in [1.29, 1.82) is 0 Å². The molecule has 0 aliphatic heterocycles. The Balaban J connectivity index is 0.000000371. The van der Waals surface area contributed by atoms with Crippen LogP contribution in [-0.4, -0.2) is 90.2 Å². The molecule has 0 saturated carbocycles. The zero-order valence-corrected chi connectivity index (χ0v) is 21.7. The highest BCUT2D eigenvalue weighted by Gasteiger charge is 2.18. The molecule has 37 heavy (non-hydrogen) atoms. The highest BCUT2D eigenvalue weighted by atomic mass is 16.6. The number of benzene rings is 2. The zero-order valence-electron chi connectivity index (χ0n) is 21.7. The van der Waals surface area contributed by atoms with Crippen molar-refractivity contribution in [3.05, 3.63) is 71.8 Å². The van der Waals surface area contributed by atoms with E-state index in [1.54, 1.807) is 0 Å². The van der Waals surface area contributed by atoms with Gasteiger partial charge in [0.05, 0.1) is 60.0 Å². The lowest BCUT2D eigenvalue weighted by Gasteiger charge is -2.13. The summed E-state index contributed by atoms with van der Waals surface area (Å²) in [6.45, 7) is 2.91. The summed E-state index contributed by atoms with van der Waals surface area (Å²) in [5.74, 6) is -1.46. The summed E-state index contributed by atoms with van der Waals surface area (Å²) in [5, 5.41) is 8.69. The molecule has 2 aromatic carbocycles. The van der Waals surface area contributed by atoms with Crippen molar-refractivity contribution in [2.75, 3.05) is 61.0 Å². The number of carbonyl (C=O) groups excluding carboxylic acids is 1. The topological polar surface area (TPSA) is 119 Å². The van der Waals surface area contributed by atoms with Gasteiger partial charge in [0.25, 0.3) is 0 Å². The van der Waals surface area contributed by atoms with Gasteiger partial charge in [0.1, 0.15) is 0 Å². The van der Waals surface area contributed by atoms with Gasteiger partial charge in [-0.25, -0.2) is 9.59 Å². The van der Waals surface area contributed by atoms with Gasteiger partial charge in [-0.1, -0.05) is 60.7 Å². The predicted molar refractivity (Wildman–Crippen MR) is 135 cm³/mol. The average Bonchev–Trinajstić information content (AvgIpc) is 2.93. The van der Waals surface area contributed by atoms with Gasteiger partial charge in [-0.05, 0) is 11.1 Å². The first-order chi connectivity index (χ1) is 18.0. The molecule has 2 aromatic rings. The molecule has 206 valence electrons. The molecule has 0 radical (unpaired) electrons. The number of carboxylic acids is 1. The molecular weight excluding hydrogens is 484 g/mol. The SMILES string of the molecule is COC(=O)C(COCCOCc1ccccc1)OC.COC(COCCOCc1ccccc1)C(=O)O. The van der Waals surface area contributed by atoms with E-state index in [1.807, 2.05) is 60.7 Å². The smallest absolute Gasteiger partial charge is 0.337 e.